The molecular formula is C25H27NO2. The summed E-state index contributed by atoms with van der Waals surface area (Å²) in [6.45, 7) is 0. The first-order chi connectivity index (χ1) is 13.8. The molecule has 144 valence electrons. The molecule has 0 amide bonds. The van der Waals surface area contributed by atoms with Crippen molar-refractivity contribution in [3.63, 3.8) is 0 Å². The minimum atomic E-state index is 0.212. The first-order valence-electron chi connectivity index (χ1n) is 10.0. The Balaban J connectivity index is 1.41. The molecule has 1 fully saturated rings. The van der Waals surface area contributed by atoms with E-state index in [1.165, 1.54) is 17.5 Å². The Hall–Kier alpha value is -2.78. The van der Waals surface area contributed by atoms with Crippen LogP contribution >= 0.6 is 0 Å². The van der Waals surface area contributed by atoms with Crippen LogP contribution in [-0.4, -0.2) is 13.2 Å². The highest BCUT2D eigenvalue weighted by atomic mass is 16.7. The van der Waals surface area contributed by atoms with Gasteiger partial charge in [0.05, 0.1) is 12.8 Å². The summed E-state index contributed by atoms with van der Waals surface area (Å²) in [6, 6.07) is 29.7. The number of nitrogens with zero attached hydrogens (tertiary/aromatic N) is 1. The van der Waals surface area contributed by atoms with Gasteiger partial charge in [0.15, 0.2) is 0 Å². The molecule has 0 spiro atoms. The largest absolute Gasteiger partial charge is 0.497 e. The number of unbranched alkanes of at least 4 members (excludes halogenated alkanes) is 1. The lowest BCUT2D eigenvalue weighted by atomic mass is 9.93. The number of ether oxygens (including phenoxy) is 1. The number of hydroxylamine groups is 1. The summed E-state index contributed by atoms with van der Waals surface area (Å²) in [5, 5.41) is 2.05. The van der Waals surface area contributed by atoms with E-state index in [2.05, 4.69) is 66.7 Å². The molecule has 28 heavy (non-hydrogen) atoms. The number of para-hydroxylation sites is 1. The molecule has 0 aromatic heterocycles. The van der Waals surface area contributed by atoms with Crippen LogP contribution in [0.5, 0.6) is 5.75 Å². The number of hydrogen-bond acceptors (Lipinski definition) is 3. The first-order valence-corrected chi connectivity index (χ1v) is 10.0. The highest BCUT2D eigenvalue weighted by Crippen LogP contribution is 2.42. The van der Waals surface area contributed by atoms with E-state index < -0.39 is 0 Å². The van der Waals surface area contributed by atoms with Gasteiger partial charge in [-0.2, -0.15) is 0 Å². The van der Waals surface area contributed by atoms with E-state index in [4.69, 9.17) is 9.57 Å². The number of methoxy groups -OCH3 is 1. The van der Waals surface area contributed by atoms with E-state index in [9.17, 15) is 0 Å². The highest BCUT2D eigenvalue weighted by molar-refractivity contribution is 5.49. The van der Waals surface area contributed by atoms with Crippen LogP contribution in [0.25, 0.3) is 0 Å². The van der Waals surface area contributed by atoms with Gasteiger partial charge in [-0.05, 0) is 54.7 Å². The van der Waals surface area contributed by atoms with Crippen molar-refractivity contribution >= 4 is 5.69 Å². The number of rotatable bonds is 8. The zero-order valence-corrected chi connectivity index (χ0v) is 16.3. The van der Waals surface area contributed by atoms with Gasteiger partial charge in [-0.1, -0.05) is 67.1 Å². The normalized spacial score (nSPS) is 18.5. The van der Waals surface area contributed by atoms with Gasteiger partial charge in [0.25, 0.3) is 0 Å². The van der Waals surface area contributed by atoms with E-state index in [1.807, 2.05) is 23.3 Å². The Labute approximate surface area is 167 Å². The van der Waals surface area contributed by atoms with Crippen molar-refractivity contribution < 1.29 is 9.57 Å². The topological polar surface area (TPSA) is 21.7 Å². The first kappa shape index (κ1) is 18.6. The van der Waals surface area contributed by atoms with E-state index in [-0.39, 0.29) is 12.1 Å². The second-order valence-corrected chi connectivity index (χ2v) is 7.25. The second-order valence-electron chi connectivity index (χ2n) is 7.25. The van der Waals surface area contributed by atoms with Crippen molar-refractivity contribution in [2.75, 3.05) is 12.2 Å². The fraction of sp³-hybridized carbons (Fsp3) is 0.280. The maximum Gasteiger partial charge on any atom is 0.118 e. The molecule has 1 aliphatic rings. The monoisotopic (exact) mass is 373 g/mol. The summed E-state index contributed by atoms with van der Waals surface area (Å²) >= 11 is 0. The molecule has 0 aliphatic carbocycles. The molecule has 3 aromatic carbocycles. The van der Waals surface area contributed by atoms with Crippen molar-refractivity contribution in [2.24, 2.45) is 0 Å². The number of aryl methyl sites for hydroxylation is 1. The molecule has 3 heteroatoms. The van der Waals surface area contributed by atoms with E-state index in [0.29, 0.717) is 0 Å². The number of anilines is 1. The van der Waals surface area contributed by atoms with Gasteiger partial charge in [0, 0.05) is 0 Å². The summed E-state index contributed by atoms with van der Waals surface area (Å²) in [7, 11) is 1.70. The van der Waals surface area contributed by atoms with Crippen molar-refractivity contribution in [3.8, 4) is 5.75 Å². The Morgan fingerprint density at radius 2 is 1.50 bits per heavy atom. The lowest BCUT2D eigenvalue weighted by molar-refractivity contribution is -0.110. The minimum absolute atomic E-state index is 0.212. The molecule has 0 bridgehead atoms. The van der Waals surface area contributed by atoms with Crippen LogP contribution in [0.4, 0.5) is 5.69 Å². The molecule has 0 N–H and O–H groups in total. The van der Waals surface area contributed by atoms with E-state index in [0.717, 1.165) is 30.7 Å². The molecule has 3 nitrogen and oxygen atoms in total. The molecule has 0 saturated carbocycles. The average molecular weight is 373 g/mol. The van der Waals surface area contributed by atoms with E-state index >= 15 is 0 Å². The summed E-state index contributed by atoms with van der Waals surface area (Å²) < 4.78 is 5.32. The molecule has 2 atom stereocenters. The van der Waals surface area contributed by atoms with Gasteiger partial charge in [-0.3, -0.25) is 4.84 Å². The third kappa shape index (κ3) is 4.20. The maximum absolute atomic E-state index is 6.20. The molecule has 1 saturated heterocycles. The second kappa shape index (κ2) is 8.94. The van der Waals surface area contributed by atoms with Crippen molar-refractivity contribution in [1.82, 2.24) is 0 Å². The Kier molecular flexibility index (Phi) is 5.93. The molecule has 2 unspecified atom stereocenters. The standard InChI is InChI=1S/C25H27NO2/c1-27-23-18-16-21(17-19-23)25-24(28-26(25)22-13-6-3-7-14-22)15-9-8-12-20-10-4-2-5-11-20/h2-7,10-11,13-14,16-19,24-25H,8-9,12,15H2,1H3. The third-order valence-electron chi connectivity index (χ3n) is 5.37. The van der Waals surface area contributed by atoms with Crippen LogP contribution in [0.1, 0.15) is 36.4 Å². The predicted octanol–water partition coefficient (Wildman–Crippen LogP) is 5.97. The smallest absolute Gasteiger partial charge is 0.118 e. The molecular weight excluding hydrogens is 346 g/mol. The molecule has 4 rings (SSSR count). The molecule has 3 aromatic rings. The fourth-order valence-corrected chi connectivity index (χ4v) is 3.84. The predicted molar refractivity (Wildman–Crippen MR) is 114 cm³/mol. The van der Waals surface area contributed by atoms with Crippen molar-refractivity contribution in [3.05, 3.63) is 96.1 Å². The van der Waals surface area contributed by atoms with Gasteiger partial charge >= 0.3 is 0 Å². The van der Waals surface area contributed by atoms with Gasteiger partial charge in [0.1, 0.15) is 17.9 Å². The van der Waals surface area contributed by atoms with E-state index in [1.54, 1.807) is 7.11 Å². The zero-order valence-electron chi connectivity index (χ0n) is 16.3. The average Bonchev–Trinajstić information content (AvgIpc) is 2.74. The van der Waals surface area contributed by atoms with Crippen LogP contribution in [0.3, 0.4) is 0 Å². The van der Waals surface area contributed by atoms with Gasteiger partial charge in [0.2, 0.25) is 0 Å². The Bertz CT molecular complexity index is 849. The van der Waals surface area contributed by atoms with Crippen molar-refractivity contribution in [2.45, 2.75) is 37.8 Å². The molecule has 0 radical (unpaired) electrons. The fourth-order valence-electron chi connectivity index (χ4n) is 3.84. The van der Waals surface area contributed by atoms with Gasteiger partial charge in [-0.15, -0.1) is 0 Å². The highest BCUT2D eigenvalue weighted by Gasteiger charge is 2.41. The SMILES string of the molecule is COc1ccc(C2C(CCCCc3ccccc3)ON2c2ccccc2)cc1. The van der Waals surface area contributed by atoms with Crippen LogP contribution in [0.15, 0.2) is 84.9 Å². The van der Waals surface area contributed by atoms with Crippen LogP contribution in [0.2, 0.25) is 0 Å². The summed E-state index contributed by atoms with van der Waals surface area (Å²) in [6.07, 6.45) is 4.75. The zero-order chi connectivity index (χ0) is 19.2. The number of benzene rings is 3. The summed E-state index contributed by atoms with van der Waals surface area (Å²) in [5.74, 6) is 0.884. The lowest BCUT2D eigenvalue weighted by Gasteiger charge is -2.48. The third-order valence-corrected chi connectivity index (χ3v) is 5.37. The van der Waals surface area contributed by atoms with Gasteiger partial charge in [-0.25, -0.2) is 5.06 Å². The van der Waals surface area contributed by atoms with Crippen LogP contribution < -0.4 is 9.80 Å². The summed E-state index contributed by atoms with van der Waals surface area (Å²) in [5.41, 5.74) is 3.78. The molecule has 1 aliphatic heterocycles. The Morgan fingerprint density at radius 3 is 2.18 bits per heavy atom. The number of hydrogen-bond donors (Lipinski definition) is 0. The quantitative estimate of drug-likeness (QED) is 0.454. The lowest BCUT2D eigenvalue weighted by Crippen LogP contribution is -2.51. The summed E-state index contributed by atoms with van der Waals surface area (Å²) in [4.78, 5) is 6.20. The van der Waals surface area contributed by atoms with Crippen LogP contribution in [0, 0.1) is 0 Å². The maximum atomic E-state index is 6.20. The van der Waals surface area contributed by atoms with Gasteiger partial charge < -0.3 is 4.74 Å². The molecule has 1 heterocycles. The van der Waals surface area contributed by atoms with Crippen LogP contribution in [-0.2, 0) is 11.3 Å². The van der Waals surface area contributed by atoms with Crippen molar-refractivity contribution in [1.29, 1.82) is 0 Å². The Morgan fingerprint density at radius 1 is 0.821 bits per heavy atom. The minimum Gasteiger partial charge on any atom is -0.497 e.